The van der Waals surface area contributed by atoms with Crippen LogP contribution in [0, 0.1) is 0 Å². The van der Waals surface area contributed by atoms with E-state index in [1.54, 1.807) is 32.5 Å². The summed E-state index contributed by atoms with van der Waals surface area (Å²) in [6.45, 7) is 8.20. The lowest BCUT2D eigenvalue weighted by molar-refractivity contribution is -0.125. The van der Waals surface area contributed by atoms with Crippen LogP contribution in [0.1, 0.15) is 34.1 Å². The molecule has 1 rings (SSSR count). The van der Waals surface area contributed by atoms with Gasteiger partial charge in [0.05, 0.1) is 11.6 Å². The Labute approximate surface area is 149 Å². The van der Waals surface area contributed by atoms with Crippen LogP contribution >= 0.6 is 11.6 Å². The lowest BCUT2D eigenvalue weighted by Gasteiger charge is -2.35. The normalized spacial score (nSPS) is 13.0. The fourth-order valence-electron chi connectivity index (χ4n) is 2.32. The molecule has 1 unspecified atom stereocenters. The zero-order valence-corrected chi connectivity index (χ0v) is 16.1. The van der Waals surface area contributed by atoms with E-state index in [1.807, 2.05) is 32.6 Å². The number of carbonyl (C=O) groups is 1. The van der Waals surface area contributed by atoms with Crippen molar-refractivity contribution in [2.45, 2.75) is 52.0 Å². The highest BCUT2D eigenvalue weighted by atomic mass is 35.5. The molecule has 0 saturated heterocycles. The third-order valence-corrected chi connectivity index (χ3v) is 3.66. The van der Waals surface area contributed by atoms with Crippen molar-refractivity contribution in [3.63, 3.8) is 0 Å². The van der Waals surface area contributed by atoms with Crippen molar-refractivity contribution in [1.29, 1.82) is 0 Å². The summed E-state index contributed by atoms with van der Waals surface area (Å²) in [5, 5.41) is 3.57. The second-order valence-corrected chi connectivity index (χ2v) is 6.99. The molecule has 24 heavy (non-hydrogen) atoms. The molecular formula is C17H28ClN3O3. The average Bonchev–Trinajstić information content (AvgIpc) is 2.50. The van der Waals surface area contributed by atoms with Crippen LogP contribution in [0.3, 0.4) is 0 Å². The molecule has 0 saturated carbocycles. The number of aromatic nitrogens is 1. The van der Waals surface area contributed by atoms with Crippen LogP contribution in [0.15, 0.2) is 18.3 Å². The number of nitrogens with zero attached hydrogens (tertiary/aromatic N) is 2. The topological polar surface area (TPSA) is 63.7 Å². The van der Waals surface area contributed by atoms with Crippen molar-refractivity contribution < 1.29 is 14.3 Å². The SMILES string of the molecule is CCC(C(=O)NC(C)(C)C)N(CC(OC)OC)c1ccc(Cl)cn1. The van der Waals surface area contributed by atoms with Crippen LogP contribution in [0.2, 0.25) is 5.02 Å². The third-order valence-electron chi connectivity index (χ3n) is 3.44. The van der Waals surface area contributed by atoms with Crippen molar-refractivity contribution in [3.8, 4) is 0 Å². The molecule has 0 aliphatic rings. The Bertz CT molecular complexity index is 513. The zero-order chi connectivity index (χ0) is 18.3. The molecule has 1 atom stereocenters. The van der Waals surface area contributed by atoms with Gasteiger partial charge in [0, 0.05) is 26.0 Å². The van der Waals surface area contributed by atoms with Crippen molar-refractivity contribution in [1.82, 2.24) is 10.3 Å². The minimum Gasteiger partial charge on any atom is -0.354 e. The number of halogens is 1. The number of ether oxygens (including phenoxy) is 2. The number of nitrogens with one attached hydrogen (secondary N) is 1. The number of pyridine rings is 1. The van der Waals surface area contributed by atoms with Gasteiger partial charge in [-0.05, 0) is 39.3 Å². The zero-order valence-electron chi connectivity index (χ0n) is 15.3. The maximum atomic E-state index is 12.7. The maximum absolute atomic E-state index is 12.7. The Morgan fingerprint density at radius 1 is 1.33 bits per heavy atom. The van der Waals surface area contributed by atoms with Gasteiger partial charge in [0.15, 0.2) is 6.29 Å². The second kappa shape index (κ2) is 9.20. The highest BCUT2D eigenvalue weighted by Gasteiger charge is 2.30. The Morgan fingerprint density at radius 2 is 1.96 bits per heavy atom. The van der Waals surface area contributed by atoms with Crippen LogP contribution in [0.5, 0.6) is 0 Å². The Morgan fingerprint density at radius 3 is 2.38 bits per heavy atom. The van der Waals surface area contributed by atoms with Gasteiger partial charge >= 0.3 is 0 Å². The van der Waals surface area contributed by atoms with Crippen LogP contribution in [-0.2, 0) is 14.3 Å². The van der Waals surface area contributed by atoms with E-state index in [9.17, 15) is 4.79 Å². The van der Waals surface area contributed by atoms with Crippen molar-refractivity contribution in [3.05, 3.63) is 23.4 Å². The molecule has 1 heterocycles. The van der Waals surface area contributed by atoms with Gasteiger partial charge in [-0.2, -0.15) is 0 Å². The molecule has 0 bridgehead atoms. The van der Waals surface area contributed by atoms with Gasteiger partial charge in [0.1, 0.15) is 11.9 Å². The van der Waals surface area contributed by atoms with Gasteiger partial charge in [0.25, 0.3) is 0 Å². The Kier molecular flexibility index (Phi) is 7.93. The third kappa shape index (κ3) is 6.26. The predicted octanol–water partition coefficient (Wildman–Crippen LogP) is 2.85. The Balaban J connectivity index is 3.12. The molecule has 0 aliphatic heterocycles. The molecule has 7 heteroatoms. The summed E-state index contributed by atoms with van der Waals surface area (Å²) in [5.41, 5.74) is -0.314. The standard InChI is InChI=1S/C17H28ClN3O3/c1-7-13(16(22)20-17(2,3)4)21(11-15(23-5)24-6)14-9-8-12(18)10-19-14/h8-10,13,15H,7,11H2,1-6H3,(H,20,22). The molecule has 0 aliphatic carbocycles. The first-order chi connectivity index (χ1) is 11.2. The van der Waals surface area contributed by atoms with Crippen molar-refractivity contribution in [2.75, 3.05) is 25.7 Å². The van der Waals surface area contributed by atoms with Crippen LogP contribution in [0.4, 0.5) is 5.82 Å². The minimum absolute atomic E-state index is 0.0623. The minimum atomic E-state index is -0.473. The molecule has 1 aromatic heterocycles. The van der Waals surface area contributed by atoms with Gasteiger partial charge in [-0.1, -0.05) is 18.5 Å². The average molecular weight is 358 g/mol. The lowest BCUT2D eigenvalue weighted by Crippen LogP contribution is -2.54. The number of anilines is 1. The predicted molar refractivity (Wildman–Crippen MR) is 96.4 cm³/mol. The number of hydrogen-bond acceptors (Lipinski definition) is 5. The quantitative estimate of drug-likeness (QED) is 0.725. The summed E-state index contributed by atoms with van der Waals surface area (Å²) < 4.78 is 10.6. The summed E-state index contributed by atoms with van der Waals surface area (Å²) in [5.74, 6) is 0.585. The van der Waals surface area contributed by atoms with E-state index in [0.717, 1.165) is 0 Å². The van der Waals surface area contributed by atoms with Gasteiger partial charge < -0.3 is 19.7 Å². The largest absolute Gasteiger partial charge is 0.354 e. The highest BCUT2D eigenvalue weighted by molar-refractivity contribution is 6.30. The van der Waals surface area contributed by atoms with Gasteiger partial charge in [0.2, 0.25) is 5.91 Å². The van der Waals surface area contributed by atoms with E-state index in [4.69, 9.17) is 21.1 Å². The first-order valence-electron chi connectivity index (χ1n) is 7.97. The van der Waals surface area contributed by atoms with Gasteiger partial charge in [-0.3, -0.25) is 4.79 Å². The molecular weight excluding hydrogens is 330 g/mol. The van der Waals surface area contributed by atoms with E-state index in [-0.39, 0.29) is 11.4 Å². The molecule has 1 amide bonds. The van der Waals surface area contributed by atoms with E-state index in [0.29, 0.717) is 23.8 Å². The Hall–Kier alpha value is -1.37. The molecule has 1 aromatic rings. The number of methoxy groups -OCH3 is 2. The fraction of sp³-hybridized carbons (Fsp3) is 0.647. The molecule has 0 fully saturated rings. The van der Waals surface area contributed by atoms with Crippen molar-refractivity contribution >= 4 is 23.3 Å². The van der Waals surface area contributed by atoms with Gasteiger partial charge in [-0.25, -0.2) is 4.98 Å². The monoisotopic (exact) mass is 357 g/mol. The van der Waals surface area contributed by atoms with E-state index in [1.165, 1.54) is 0 Å². The first-order valence-corrected chi connectivity index (χ1v) is 8.35. The highest BCUT2D eigenvalue weighted by Crippen LogP contribution is 2.20. The van der Waals surface area contributed by atoms with Crippen LogP contribution in [0.25, 0.3) is 0 Å². The maximum Gasteiger partial charge on any atom is 0.243 e. The molecule has 0 radical (unpaired) electrons. The fourth-order valence-corrected chi connectivity index (χ4v) is 2.44. The van der Waals surface area contributed by atoms with E-state index < -0.39 is 12.3 Å². The van der Waals surface area contributed by atoms with Gasteiger partial charge in [-0.15, -0.1) is 0 Å². The number of hydrogen-bond donors (Lipinski definition) is 1. The molecule has 0 spiro atoms. The summed E-state index contributed by atoms with van der Waals surface area (Å²) in [4.78, 5) is 19.0. The van der Waals surface area contributed by atoms with Crippen molar-refractivity contribution in [2.24, 2.45) is 0 Å². The smallest absolute Gasteiger partial charge is 0.243 e. The van der Waals surface area contributed by atoms with E-state index >= 15 is 0 Å². The summed E-state index contributed by atoms with van der Waals surface area (Å²) in [6.07, 6.45) is 1.71. The number of rotatable bonds is 8. The lowest BCUT2D eigenvalue weighted by atomic mass is 10.1. The summed E-state index contributed by atoms with van der Waals surface area (Å²) >= 11 is 5.93. The second-order valence-electron chi connectivity index (χ2n) is 6.55. The molecule has 0 aromatic carbocycles. The molecule has 6 nitrogen and oxygen atoms in total. The van der Waals surface area contributed by atoms with Crippen LogP contribution < -0.4 is 10.2 Å². The molecule has 1 N–H and O–H groups in total. The first kappa shape index (κ1) is 20.7. The number of carbonyl (C=O) groups excluding carboxylic acids is 1. The number of amides is 1. The van der Waals surface area contributed by atoms with E-state index in [2.05, 4.69) is 10.3 Å². The summed E-state index contributed by atoms with van der Waals surface area (Å²) in [6, 6.07) is 3.14. The summed E-state index contributed by atoms with van der Waals surface area (Å²) in [7, 11) is 3.13. The molecule has 136 valence electrons. The van der Waals surface area contributed by atoms with Crippen LogP contribution in [-0.4, -0.2) is 49.5 Å².